The van der Waals surface area contributed by atoms with Gasteiger partial charge in [-0.3, -0.25) is 4.79 Å². The first-order valence-corrected chi connectivity index (χ1v) is 5.78. The van der Waals surface area contributed by atoms with Gasteiger partial charge in [0.25, 0.3) is 0 Å². The molecule has 0 unspecified atom stereocenters. The Morgan fingerprint density at radius 3 is 1.71 bits per heavy atom. The zero-order valence-electron chi connectivity index (χ0n) is 9.13. The van der Waals surface area contributed by atoms with Crippen LogP contribution in [0.3, 0.4) is 0 Å². The van der Waals surface area contributed by atoms with Gasteiger partial charge >= 0.3 is 5.97 Å². The first-order chi connectivity index (χ1) is 6.77. The molecule has 0 aromatic rings. The highest BCUT2D eigenvalue weighted by molar-refractivity contribution is 5.66. The molecule has 0 saturated heterocycles. The Morgan fingerprint density at radius 1 is 0.857 bits per heavy atom. The van der Waals surface area contributed by atoms with Crippen molar-refractivity contribution in [3.63, 3.8) is 0 Å². The summed E-state index contributed by atoms with van der Waals surface area (Å²) in [4.78, 5) is 10.2. The summed E-state index contributed by atoms with van der Waals surface area (Å²) < 4.78 is 0. The fraction of sp³-hybridized carbons (Fsp3) is 0.909. The Balaban J connectivity index is 2.88. The summed E-state index contributed by atoms with van der Waals surface area (Å²) in [6.07, 6.45) is 9.87. The van der Waals surface area contributed by atoms with E-state index in [1.165, 1.54) is 38.5 Å². The smallest absolute Gasteiger partial charge is 0.303 e. The molecule has 0 aliphatic rings. The van der Waals surface area contributed by atoms with E-state index in [0.29, 0.717) is 6.42 Å². The normalized spacial score (nSPS) is 10.4. The van der Waals surface area contributed by atoms with Gasteiger partial charge in [0.1, 0.15) is 0 Å². The van der Waals surface area contributed by atoms with Gasteiger partial charge in [-0.25, -0.2) is 0 Å². The van der Waals surface area contributed by atoms with E-state index >= 15 is 0 Å². The van der Waals surface area contributed by atoms with Crippen LogP contribution in [0.15, 0.2) is 0 Å². The number of hydrogen-bond acceptors (Lipinski definition) is 1. The van der Waals surface area contributed by atoms with Crippen molar-refractivity contribution in [2.24, 2.45) is 0 Å². The second-order valence-electron chi connectivity index (χ2n) is 3.83. The Morgan fingerprint density at radius 2 is 1.29 bits per heavy atom. The summed E-state index contributed by atoms with van der Waals surface area (Å²) in [6.45, 7) is 1.05. The maximum Gasteiger partial charge on any atom is 0.303 e. The van der Waals surface area contributed by atoms with Crippen molar-refractivity contribution in [2.75, 3.05) is 6.54 Å². The second kappa shape index (κ2) is 10.5. The highest BCUT2D eigenvalue weighted by atomic mass is 16.4. The highest BCUT2D eigenvalue weighted by Gasteiger charge is 1.96. The van der Waals surface area contributed by atoms with Crippen LogP contribution in [-0.2, 0) is 4.79 Å². The number of carbonyl (C=O) groups is 1. The van der Waals surface area contributed by atoms with Crippen LogP contribution in [0.5, 0.6) is 0 Å². The topological polar surface area (TPSA) is 64.9 Å². The summed E-state index contributed by atoms with van der Waals surface area (Å²) in [5, 5.41) is 8.41. The predicted octanol–water partition coefficient (Wildman–Crippen LogP) is 1.82. The standard InChI is InChI=1S/C11H23NO2/c12-10-8-6-4-2-1-3-5-7-9-11(13)14/h1-10,12H2,(H,13,14)/p+1. The quantitative estimate of drug-likeness (QED) is 0.531. The van der Waals surface area contributed by atoms with E-state index in [2.05, 4.69) is 5.73 Å². The zero-order valence-corrected chi connectivity index (χ0v) is 9.13. The van der Waals surface area contributed by atoms with Crippen LogP contribution in [0.1, 0.15) is 57.8 Å². The van der Waals surface area contributed by atoms with E-state index in [1.54, 1.807) is 0 Å². The van der Waals surface area contributed by atoms with Crippen molar-refractivity contribution in [1.29, 1.82) is 0 Å². The number of rotatable bonds is 10. The Kier molecular flexibility index (Phi) is 10.1. The average molecular weight is 202 g/mol. The molecule has 0 amide bonds. The minimum atomic E-state index is -0.666. The minimum Gasteiger partial charge on any atom is -0.481 e. The van der Waals surface area contributed by atoms with Gasteiger partial charge in [-0.2, -0.15) is 0 Å². The second-order valence-corrected chi connectivity index (χ2v) is 3.83. The van der Waals surface area contributed by atoms with Gasteiger partial charge in [-0.1, -0.05) is 32.1 Å². The fourth-order valence-electron chi connectivity index (χ4n) is 1.51. The van der Waals surface area contributed by atoms with E-state index in [1.807, 2.05) is 0 Å². The van der Waals surface area contributed by atoms with Crippen LogP contribution in [0.4, 0.5) is 0 Å². The minimum absolute atomic E-state index is 0.335. The monoisotopic (exact) mass is 202 g/mol. The lowest BCUT2D eigenvalue weighted by atomic mass is 10.1. The summed E-state index contributed by atoms with van der Waals surface area (Å²) in [5.74, 6) is -0.666. The number of aliphatic carboxylic acids is 1. The number of carboxylic acid groups (broad SMARTS) is 1. The predicted molar refractivity (Wildman–Crippen MR) is 56.9 cm³/mol. The summed E-state index contributed by atoms with van der Waals surface area (Å²) >= 11 is 0. The lowest BCUT2D eigenvalue weighted by Gasteiger charge is -1.99. The molecular weight excluding hydrogens is 178 g/mol. The Labute approximate surface area is 86.7 Å². The van der Waals surface area contributed by atoms with Crippen molar-refractivity contribution in [1.82, 2.24) is 0 Å². The molecule has 0 saturated carbocycles. The van der Waals surface area contributed by atoms with E-state index in [4.69, 9.17) is 5.11 Å². The number of carboxylic acids is 1. The molecule has 0 aromatic heterocycles. The largest absolute Gasteiger partial charge is 0.481 e. The molecular formula is C11H24NO2+. The average Bonchev–Trinajstić information content (AvgIpc) is 2.15. The molecule has 0 fully saturated rings. The highest BCUT2D eigenvalue weighted by Crippen LogP contribution is 2.09. The van der Waals surface area contributed by atoms with Gasteiger partial charge in [-0.05, 0) is 19.3 Å². The van der Waals surface area contributed by atoms with Gasteiger partial charge in [-0.15, -0.1) is 0 Å². The molecule has 0 bridgehead atoms. The molecule has 0 radical (unpaired) electrons. The third-order valence-corrected chi connectivity index (χ3v) is 2.39. The van der Waals surface area contributed by atoms with E-state index in [0.717, 1.165) is 19.4 Å². The summed E-state index contributed by atoms with van der Waals surface area (Å²) in [5.41, 5.74) is 3.80. The van der Waals surface area contributed by atoms with Gasteiger partial charge in [0.15, 0.2) is 0 Å². The van der Waals surface area contributed by atoms with Crippen LogP contribution in [0.2, 0.25) is 0 Å². The van der Waals surface area contributed by atoms with Crippen molar-refractivity contribution >= 4 is 5.97 Å². The maximum absolute atomic E-state index is 10.2. The fourth-order valence-corrected chi connectivity index (χ4v) is 1.51. The SMILES string of the molecule is [NH3+]CCCCCCCCCCC(=O)O. The number of unbranched alkanes of at least 4 members (excludes halogenated alkanes) is 7. The molecule has 0 rings (SSSR count). The summed E-state index contributed by atoms with van der Waals surface area (Å²) in [6, 6.07) is 0. The van der Waals surface area contributed by atoms with E-state index in [9.17, 15) is 4.79 Å². The number of hydrogen-bond donors (Lipinski definition) is 2. The number of quaternary nitrogens is 1. The molecule has 0 aliphatic heterocycles. The summed E-state index contributed by atoms with van der Waals surface area (Å²) in [7, 11) is 0. The van der Waals surface area contributed by atoms with Crippen molar-refractivity contribution < 1.29 is 15.6 Å². The van der Waals surface area contributed by atoms with E-state index < -0.39 is 5.97 Å². The van der Waals surface area contributed by atoms with Gasteiger partial charge in [0.2, 0.25) is 0 Å². The van der Waals surface area contributed by atoms with Crippen molar-refractivity contribution in [2.45, 2.75) is 57.8 Å². The lowest BCUT2D eigenvalue weighted by molar-refractivity contribution is -0.368. The zero-order chi connectivity index (χ0) is 10.6. The molecule has 0 aromatic carbocycles. The van der Waals surface area contributed by atoms with Crippen LogP contribution in [0, 0.1) is 0 Å². The molecule has 14 heavy (non-hydrogen) atoms. The molecule has 0 atom stereocenters. The van der Waals surface area contributed by atoms with Gasteiger partial charge < -0.3 is 10.8 Å². The molecule has 0 heterocycles. The van der Waals surface area contributed by atoms with E-state index in [-0.39, 0.29) is 0 Å². The van der Waals surface area contributed by atoms with Crippen LogP contribution in [-0.4, -0.2) is 17.6 Å². The van der Waals surface area contributed by atoms with Crippen molar-refractivity contribution in [3.8, 4) is 0 Å². The maximum atomic E-state index is 10.2. The molecule has 3 heteroatoms. The van der Waals surface area contributed by atoms with Gasteiger partial charge in [0.05, 0.1) is 6.54 Å². The lowest BCUT2D eigenvalue weighted by Crippen LogP contribution is -2.50. The Bertz CT molecular complexity index is 137. The third kappa shape index (κ3) is 11.4. The van der Waals surface area contributed by atoms with Crippen LogP contribution >= 0.6 is 0 Å². The Hall–Kier alpha value is -0.570. The molecule has 0 spiro atoms. The van der Waals surface area contributed by atoms with Crippen LogP contribution in [0.25, 0.3) is 0 Å². The third-order valence-electron chi connectivity index (χ3n) is 2.39. The first kappa shape index (κ1) is 13.4. The molecule has 4 N–H and O–H groups in total. The molecule has 0 aliphatic carbocycles. The molecule has 84 valence electrons. The van der Waals surface area contributed by atoms with Crippen LogP contribution < -0.4 is 5.73 Å². The van der Waals surface area contributed by atoms with Crippen molar-refractivity contribution in [3.05, 3.63) is 0 Å². The molecule has 3 nitrogen and oxygen atoms in total. The first-order valence-electron chi connectivity index (χ1n) is 5.78. The van der Waals surface area contributed by atoms with Gasteiger partial charge in [0, 0.05) is 6.42 Å².